The topological polar surface area (TPSA) is 87.8 Å². The van der Waals surface area contributed by atoms with E-state index in [1.54, 1.807) is 12.1 Å². The van der Waals surface area contributed by atoms with E-state index in [0.29, 0.717) is 10.8 Å². The number of hydroxylamine groups is 1. The Morgan fingerprint density at radius 2 is 2.03 bits per heavy atom. The Bertz CT molecular complexity index is 995. The molecule has 0 unspecified atom stereocenters. The van der Waals surface area contributed by atoms with E-state index in [2.05, 4.69) is 50.3 Å². The lowest BCUT2D eigenvalue weighted by Gasteiger charge is -2.37. The van der Waals surface area contributed by atoms with Crippen LogP contribution in [0.5, 0.6) is 0 Å². The van der Waals surface area contributed by atoms with Gasteiger partial charge in [0.2, 0.25) is 5.88 Å². The number of hydrogen-bond acceptors (Lipinski definition) is 6. The molecule has 3 N–H and O–H groups in total. The van der Waals surface area contributed by atoms with Crippen LogP contribution in [0.15, 0.2) is 60.6 Å². The summed E-state index contributed by atoms with van der Waals surface area (Å²) in [6.45, 7) is 2.33. The van der Waals surface area contributed by atoms with Gasteiger partial charge in [0, 0.05) is 44.7 Å². The summed E-state index contributed by atoms with van der Waals surface area (Å²) in [5.41, 5.74) is 3.53. The number of halogens is 1. The summed E-state index contributed by atoms with van der Waals surface area (Å²) in [6.07, 6.45) is 6.08. The van der Waals surface area contributed by atoms with E-state index in [1.807, 2.05) is 12.1 Å². The number of hydrogen-bond donors (Lipinski definition) is 3. The van der Waals surface area contributed by atoms with E-state index in [9.17, 15) is 4.79 Å². The number of likely N-dealkylation sites (tertiary alicyclic amines) is 1. The highest BCUT2D eigenvalue weighted by Gasteiger charge is 2.40. The zero-order valence-corrected chi connectivity index (χ0v) is 19.6. The summed E-state index contributed by atoms with van der Waals surface area (Å²) in [5, 5.41) is 7.15. The van der Waals surface area contributed by atoms with Gasteiger partial charge in [0.05, 0.1) is 5.02 Å². The first-order valence-electron chi connectivity index (χ1n) is 10.9. The molecule has 10 heteroatoms. The number of benzene rings is 1. The fraction of sp³-hybridized carbons (Fsp3) is 0.348. The van der Waals surface area contributed by atoms with E-state index in [1.165, 1.54) is 11.8 Å². The fourth-order valence-electron chi connectivity index (χ4n) is 3.76. The van der Waals surface area contributed by atoms with Crippen LogP contribution >= 0.6 is 23.8 Å². The van der Waals surface area contributed by atoms with E-state index in [4.69, 9.17) is 33.4 Å². The van der Waals surface area contributed by atoms with Crippen molar-refractivity contribution in [1.82, 2.24) is 20.7 Å². The molecule has 1 fully saturated rings. The molecule has 0 aliphatic carbocycles. The minimum atomic E-state index is -0.664. The molecule has 2 aliphatic rings. The molecular weight excluding hydrogens is 462 g/mol. The number of rotatable bonds is 6. The lowest BCUT2D eigenvalue weighted by atomic mass is 9.92. The maximum atomic E-state index is 12.1. The number of aromatic nitrogens is 1. The number of nitrogens with one attached hydrogen (secondary N) is 3. The number of carbonyl (C=O) groups excluding carboxylic acids is 1. The first-order chi connectivity index (χ1) is 16.0. The first-order valence-corrected chi connectivity index (χ1v) is 11.6. The summed E-state index contributed by atoms with van der Waals surface area (Å²) in [6, 6.07) is 13.7. The molecule has 3 heterocycles. The number of anilines is 1. The average molecular weight is 488 g/mol. The molecule has 1 amide bonds. The van der Waals surface area contributed by atoms with Crippen LogP contribution in [-0.2, 0) is 16.0 Å². The minimum Gasteiger partial charge on any atom is -0.391 e. The van der Waals surface area contributed by atoms with Gasteiger partial charge in [-0.25, -0.2) is 15.3 Å². The Balaban J connectivity index is 1.18. The van der Waals surface area contributed by atoms with Crippen molar-refractivity contribution < 1.29 is 14.4 Å². The molecule has 8 nitrogen and oxygen atoms in total. The van der Waals surface area contributed by atoms with Crippen molar-refractivity contribution in [3.8, 4) is 0 Å². The fourth-order valence-corrected chi connectivity index (χ4v) is 4.16. The summed E-state index contributed by atoms with van der Waals surface area (Å²) in [7, 11) is 0. The maximum Gasteiger partial charge on any atom is 0.419 e. The highest BCUT2D eigenvalue weighted by Crippen LogP contribution is 2.32. The molecule has 0 saturated carbocycles. The van der Waals surface area contributed by atoms with Crippen molar-refractivity contribution in [1.29, 1.82) is 0 Å². The van der Waals surface area contributed by atoms with Crippen molar-refractivity contribution in [2.75, 3.05) is 25.0 Å². The van der Waals surface area contributed by atoms with Crippen LogP contribution in [0, 0.1) is 0 Å². The van der Waals surface area contributed by atoms with Crippen LogP contribution in [-0.4, -0.2) is 46.3 Å². The summed E-state index contributed by atoms with van der Waals surface area (Å²) >= 11 is 11.4. The zero-order valence-electron chi connectivity index (χ0n) is 18.1. The van der Waals surface area contributed by atoms with E-state index in [0.717, 1.165) is 50.4 Å². The Kier molecular flexibility index (Phi) is 7.64. The predicted molar refractivity (Wildman–Crippen MR) is 131 cm³/mol. The molecule has 1 saturated heterocycles. The van der Waals surface area contributed by atoms with Crippen LogP contribution in [0.4, 0.5) is 10.6 Å². The lowest BCUT2D eigenvalue weighted by Crippen LogP contribution is -2.49. The number of piperidine rings is 1. The molecule has 1 aromatic heterocycles. The number of aryl methyl sites for hydroxylation is 1. The summed E-state index contributed by atoms with van der Waals surface area (Å²) in [4.78, 5) is 24.0. The molecule has 33 heavy (non-hydrogen) atoms. The summed E-state index contributed by atoms with van der Waals surface area (Å²) < 4.78 is 5.30. The van der Waals surface area contributed by atoms with Gasteiger partial charge in [0.1, 0.15) is 11.4 Å². The SMILES string of the molecule is O=C(Nc1ccc(Cl)cn1)OC1=CC2(CCN(C(=S)NCCCc3ccccc3)CC2)ON1. The van der Waals surface area contributed by atoms with Gasteiger partial charge in [-0.1, -0.05) is 41.9 Å². The van der Waals surface area contributed by atoms with Gasteiger partial charge >= 0.3 is 6.09 Å². The van der Waals surface area contributed by atoms with Crippen molar-refractivity contribution in [3.05, 3.63) is 71.2 Å². The molecule has 0 atom stereocenters. The average Bonchev–Trinajstić information content (AvgIpc) is 3.20. The molecule has 0 bridgehead atoms. The van der Waals surface area contributed by atoms with Gasteiger partial charge in [-0.05, 0) is 42.8 Å². The number of thiocarbonyl (C=S) groups is 1. The van der Waals surface area contributed by atoms with Gasteiger partial charge in [-0.15, -0.1) is 0 Å². The first kappa shape index (κ1) is 23.3. The quantitative estimate of drug-likeness (QED) is 0.416. The van der Waals surface area contributed by atoms with Gasteiger partial charge in [-0.2, -0.15) is 0 Å². The minimum absolute atomic E-state index is 0.261. The van der Waals surface area contributed by atoms with Crippen molar-refractivity contribution in [2.24, 2.45) is 0 Å². The third-order valence-electron chi connectivity index (χ3n) is 5.57. The number of pyridine rings is 1. The van der Waals surface area contributed by atoms with E-state index >= 15 is 0 Å². The third-order valence-corrected chi connectivity index (χ3v) is 6.19. The van der Waals surface area contributed by atoms with Crippen LogP contribution in [0.3, 0.4) is 0 Å². The Hall–Kier alpha value is -2.88. The highest BCUT2D eigenvalue weighted by molar-refractivity contribution is 7.80. The molecule has 2 aromatic rings. The second-order valence-corrected chi connectivity index (χ2v) is 8.78. The molecule has 0 radical (unpaired) electrons. The molecule has 2 aliphatic heterocycles. The maximum absolute atomic E-state index is 12.1. The molecule has 4 rings (SSSR count). The van der Waals surface area contributed by atoms with Crippen LogP contribution in [0.1, 0.15) is 24.8 Å². The van der Waals surface area contributed by atoms with Gasteiger partial charge in [0.25, 0.3) is 0 Å². The van der Waals surface area contributed by atoms with E-state index < -0.39 is 11.7 Å². The second kappa shape index (κ2) is 10.8. The monoisotopic (exact) mass is 487 g/mol. The largest absolute Gasteiger partial charge is 0.419 e. The third kappa shape index (κ3) is 6.56. The van der Waals surface area contributed by atoms with Gasteiger partial charge < -0.3 is 15.0 Å². The van der Waals surface area contributed by atoms with Crippen LogP contribution in [0.25, 0.3) is 0 Å². The number of carbonyl (C=O) groups is 1. The normalized spacial score (nSPS) is 16.6. The number of amides is 1. The highest BCUT2D eigenvalue weighted by atomic mass is 35.5. The second-order valence-electron chi connectivity index (χ2n) is 7.96. The number of ether oxygens (including phenoxy) is 1. The van der Waals surface area contributed by atoms with Crippen molar-refractivity contribution in [2.45, 2.75) is 31.3 Å². The molecule has 1 aromatic carbocycles. The predicted octanol–water partition coefficient (Wildman–Crippen LogP) is 4.00. The number of nitrogens with zero attached hydrogens (tertiary/aromatic N) is 2. The summed E-state index contributed by atoms with van der Waals surface area (Å²) in [5.74, 6) is 0.605. The van der Waals surface area contributed by atoms with Crippen LogP contribution in [0.2, 0.25) is 5.02 Å². The smallest absolute Gasteiger partial charge is 0.391 e. The van der Waals surface area contributed by atoms with Gasteiger partial charge in [-0.3, -0.25) is 10.2 Å². The Morgan fingerprint density at radius 3 is 2.76 bits per heavy atom. The molecule has 174 valence electrons. The van der Waals surface area contributed by atoms with Crippen LogP contribution < -0.4 is 16.1 Å². The Morgan fingerprint density at radius 1 is 1.24 bits per heavy atom. The molecular formula is C23H26ClN5O3S. The van der Waals surface area contributed by atoms with Crippen molar-refractivity contribution >= 4 is 40.8 Å². The molecule has 1 spiro atoms. The van der Waals surface area contributed by atoms with Gasteiger partial charge in [0.15, 0.2) is 5.11 Å². The zero-order chi connectivity index (χ0) is 23.1. The standard InChI is InChI=1S/C23H26ClN5O3S/c24-18-8-9-19(26-16-18)27-22(30)31-20-15-23(32-28-20)10-13-29(14-11-23)21(33)25-12-4-7-17-5-2-1-3-6-17/h1-3,5-6,8-9,15-16,28H,4,7,10-14H2,(H,25,33)(H,26,27,30). The van der Waals surface area contributed by atoms with E-state index in [-0.39, 0.29) is 5.88 Å². The lowest BCUT2D eigenvalue weighted by molar-refractivity contribution is -0.0739. The van der Waals surface area contributed by atoms with Crippen molar-refractivity contribution in [3.63, 3.8) is 0 Å². The Labute approximate surface area is 203 Å².